The number of aliphatic hydroxyl groups excluding tert-OH is 1. The number of anilines is 1. The average Bonchev–Trinajstić information content (AvgIpc) is 3.58. The van der Waals surface area contributed by atoms with Gasteiger partial charge in [-0.2, -0.15) is 0 Å². The van der Waals surface area contributed by atoms with E-state index < -0.39 is 5.54 Å². The second-order valence-electron chi connectivity index (χ2n) is 7.44. The van der Waals surface area contributed by atoms with Crippen LogP contribution in [0.5, 0.6) is 5.75 Å². The minimum Gasteiger partial charge on any atom is -0.497 e. The van der Waals surface area contributed by atoms with Crippen molar-refractivity contribution in [2.45, 2.75) is 24.9 Å². The first-order valence-electron chi connectivity index (χ1n) is 9.60. The van der Waals surface area contributed by atoms with Gasteiger partial charge in [-0.25, -0.2) is 4.79 Å². The van der Waals surface area contributed by atoms with Gasteiger partial charge in [0.25, 0.3) is 0 Å². The molecule has 2 aromatic carbocycles. The summed E-state index contributed by atoms with van der Waals surface area (Å²) in [6, 6.07) is 13.2. The van der Waals surface area contributed by atoms with Gasteiger partial charge in [0.15, 0.2) is 0 Å². The number of urea groups is 1. The molecule has 1 atom stereocenters. The number of halogens is 1. The van der Waals surface area contributed by atoms with Gasteiger partial charge in [0.1, 0.15) is 17.9 Å². The lowest BCUT2D eigenvalue weighted by molar-refractivity contribution is 0.152. The molecule has 1 unspecified atom stereocenters. The molecule has 1 heterocycles. The lowest BCUT2D eigenvalue weighted by Crippen LogP contribution is -2.57. The van der Waals surface area contributed by atoms with Crippen molar-refractivity contribution >= 4 is 23.3 Å². The number of methoxy groups -OCH3 is 1. The van der Waals surface area contributed by atoms with Gasteiger partial charge >= 0.3 is 6.03 Å². The number of carbonyl (C=O) groups excluding carboxylic acids is 1. The molecule has 0 saturated heterocycles. The maximum atomic E-state index is 13.5. The van der Waals surface area contributed by atoms with E-state index in [4.69, 9.17) is 16.3 Å². The molecule has 1 aliphatic carbocycles. The van der Waals surface area contributed by atoms with Gasteiger partial charge in [-0.1, -0.05) is 35.6 Å². The van der Waals surface area contributed by atoms with Gasteiger partial charge < -0.3 is 14.7 Å². The molecular weight excluding hydrogens is 388 g/mol. The number of nitrogens with zero attached hydrogens (tertiary/aromatic N) is 2. The summed E-state index contributed by atoms with van der Waals surface area (Å²) < 4.78 is 5.23. The molecule has 4 rings (SSSR count). The molecule has 29 heavy (non-hydrogen) atoms. The molecule has 0 spiro atoms. The first kappa shape index (κ1) is 19.6. The second kappa shape index (κ2) is 7.62. The largest absolute Gasteiger partial charge is 0.497 e. The third-order valence-corrected chi connectivity index (χ3v) is 5.97. The fourth-order valence-electron chi connectivity index (χ4n) is 4.15. The van der Waals surface area contributed by atoms with Crippen molar-refractivity contribution in [1.29, 1.82) is 0 Å². The van der Waals surface area contributed by atoms with Gasteiger partial charge in [-0.05, 0) is 54.7 Å². The highest BCUT2D eigenvalue weighted by Gasteiger charge is 2.55. The highest BCUT2D eigenvalue weighted by atomic mass is 35.5. The first-order chi connectivity index (χ1) is 14.0. The number of hydrogen-bond donors (Lipinski definition) is 1. The number of ether oxygens (including phenoxy) is 1. The minimum atomic E-state index is -0.767. The lowest BCUT2D eigenvalue weighted by atomic mass is 9.81. The van der Waals surface area contributed by atoms with Crippen LogP contribution in [0.1, 0.15) is 24.0 Å². The highest BCUT2D eigenvalue weighted by molar-refractivity contribution is 6.30. The van der Waals surface area contributed by atoms with Crippen LogP contribution in [0.25, 0.3) is 0 Å². The van der Waals surface area contributed by atoms with E-state index in [0.717, 1.165) is 35.4 Å². The van der Waals surface area contributed by atoms with E-state index in [0.29, 0.717) is 11.6 Å². The summed E-state index contributed by atoms with van der Waals surface area (Å²) in [5.74, 6) is 7.02. The summed E-state index contributed by atoms with van der Waals surface area (Å²) in [5.41, 5.74) is 1.96. The fourth-order valence-corrected chi connectivity index (χ4v) is 4.33. The number of carbonyl (C=O) groups is 1. The smallest absolute Gasteiger partial charge is 0.326 e. The molecule has 1 aliphatic heterocycles. The molecule has 150 valence electrons. The average molecular weight is 411 g/mol. The van der Waals surface area contributed by atoms with Gasteiger partial charge in [-0.15, -0.1) is 0 Å². The summed E-state index contributed by atoms with van der Waals surface area (Å²) in [5, 5.41) is 9.94. The van der Waals surface area contributed by atoms with Crippen LogP contribution in [-0.4, -0.2) is 36.8 Å². The molecule has 2 amide bonds. The van der Waals surface area contributed by atoms with E-state index in [1.807, 2.05) is 36.4 Å². The van der Waals surface area contributed by atoms with Crippen molar-refractivity contribution in [3.05, 3.63) is 58.6 Å². The molecular formula is C23H23ClN2O3. The summed E-state index contributed by atoms with van der Waals surface area (Å²) in [7, 11) is 3.42. The Morgan fingerprint density at radius 3 is 2.59 bits per heavy atom. The van der Waals surface area contributed by atoms with E-state index in [1.165, 1.54) is 0 Å². The molecule has 0 aromatic heterocycles. The Morgan fingerprint density at radius 2 is 1.97 bits per heavy atom. The molecule has 2 aromatic rings. The Morgan fingerprint density at radius 1 is 1.24 bits per heavy atom. The van der Waals surface area contributed by atoms with Crippen molar-refractivity contribution in [1.82, 2.24) is 4.90 Å². The zero-order valence-corrected chi connectivity index (χ0v) is 17.2. The standard InChI is InChI=1S/C23H23ClN2O3/c1-25-22(28)26(15-16-4-9-19(29-2)10-5-16)21-11-8-18(24)14-20(21)23(25,12-3-13-27)17-6-7-17/h4-5,8-11,14,17,27H,6-7,13,15H2,1-2H3. The fraction of sp³-hybridized carbons (Fsp3) is 0.348. The van der Waals surface area contributed by atoms with E-state index in [9.17, 15) is 9.90 Å². The Bertz CT molecular complexity index is 991. The SMILES string of the molecule is COc1ccc(CN2C(=O)N(C)C(C#CCO)(C3CC3)c3cc(Cl)ccc32)cc1. The van der Waals surface area contributed by atoms with Crippen molar-refractivity contribution < 1.29 is 14.6 Å². The Labute approximate surface area is 175 Å². The number of fused-ring (bicyclic) bond motifs is 1. The van der Waals surface area contributed by atoms with Crippen LogP contribution < -0.4 is 9.64 Å². The van der Waals surface area contributed by atoms with E-state index in [1.54, 1.807) is 30.0 Å². The van der Waals surface area contributed by atoms with Gasteiger partial charge in [0.05, 0.1) is 19.3 Å². The van der Waals surface area contributed by atoms with Crippen molar-refractivity contribution in [3.8, 4) is 17.6 Å². The van der Waals surface area contributed by atoms with Crippen LogP contribution >= 0.6 is 11.6 Å². The van der Waals surface area contributed by atoms with Gasteiger partial charge in [0.2, 0.25) is 0 Å². The predicted molar refractivity (Wildman–Crippen MR) is 113 cm³/mol. The third-order valence-electron chi connectivity index (χ3n) is 5.73. The third kappa shape index (κ3) is 3.33. The minimum absolute atomic E-state index is 0.116. The van der Waals surface area contributed by atoms with Crippen LogP contribution in [0, 0.1) is 17.8 Å². The zero-order chi connectivity index (χ0) is 20.6. The Kier molecular flexibility index (Phi) is 5.16. The topological polar surface area (TPSA) is 53.0 Å². The van der Waals surface area contributed by atoms with E-state index >= 15 is 0 Å². The van der Waals surface area contributed by atoms with Crippen molar-refractivity contribution in [2.75, 3.05) is 25.7 Å². The predicted octanol–water partition coefficient (Wildman–Crippen LogP) is 4.02. The van der Waals surface area contributed by atoms with E-state index in [-0.39, 0.29) is 18.6 Å². The van der Waals surface area contributed by atoms with Crippen molar-refractivity contribution in [2.24, 2.45) is 5.92 Å². The molecule has 5 nitrogen and oxygen atoms in total. The molecule has 1 saturated carbocycles. The number of benzene rings is 2. The molecule has 1 N–H and O–H groups in total. The highest BCUT2D eigenvalue weighted by Crippen LogP contribution is 2.54. The maximum Gasteiger partial charge on any atom is 0.326 e. The number of rotatable bonds is 4. The molecule has 2 aliphatic rings. The number of hydrogen-bond acceptors (Lipinski definition) is 3. The summed E-state index contributed by atoms with van der Waals surface area (Å²) in [4.78, 5) is 17.0. The maximum absolute atomic E-state index is 13.5. The Balaban J connectivity index is 1.82. The Hall–Kier alpha value is -2.68. The monoisotopic (exact) mass is 410 g/mol. The summed E-state index contributed by atoms with van der Waals surface area (Å²) >= 11 is 6.36. The normalized spacial score (nSPS) is 20.8. The molecule has 6 heteroatoms. The van der Waals surface area contributed by atoms with Crippen LogP contribution in [0.2, 0.25) is 5.02 Å². The molecule has 0 radical (unpaired) electrons. The quantitative estimate of drug-likeness (QED) is 0.774. The first-order valence-corrected chi connectivity index (χ1v) is 9.98. The summed E-state index contributed by atoms with van der Waals surface area (Å²) in [6.07, 6.45) is 1.98. The molecule has 0 bridgehead atoms. The van der Waals surface area contributed by atoms with Crippen LogP contribution in [0.3, 0.4) is 0 Å². The van der Waals surface area contributed by atoms with Crippen molar-refractivity contribution in [3.63, 3.8) is 0 Å². The summed E-state index contributed by atoms with van der Waals surface area (Å²) in [6.45, 7) is 0.179. The van der Waals surface area contributed by atoms with Crippen LogP contribution in [0.4, 0.5) is 10.5 Å². The number of aliphatic hydroxyl groups is 1. The second-order valence-corrected chi connectivity index (χ2v) is 7.87. The van der Waals surface area contributed by atoms with Gasteiger partial charge in [-0.3, -0.25) is 4.90 Å². The van der Waals surface area contributed by atoms with Crippen LogP contribution in [-0.2, 0) is 12.1 Å². The van der Waals surface area contributed by atoms with Gasteiger partial charge in [0, 0.05) is 17.6 Å². The number of amides is 2. The zero-order valence-electron chi connectivity index (χ0n) is 16.5. The lowest BCUT2D eigenvalue weighted by Gasteiger charge is -2.47. The molecule has 1 fully saturated rings. The van der Waals surface area contributed by atoms with E-state index in [2.05, 4.69) is 11.8 Å². The van der Waals surface area contributed by atoms with Crippen LogP contribution in [0.15, 0.2) is 42.5 Å².